The summed E-state index contributed by atoms with van der Waals surface area (Å²) in [4.78, 5) is 32.1. The third-order valence-corrected chi connectivity index (χ3v) is 8.06. The third-order valence-electron chi connectivity index (χ3n) is 6.53. The fraction of sp³-hybridized carbons (Fsp3) is 0.286. The van der Waals surface area contributed by atoms with Gasteiger partial charge in [-0.1, -0.05) is 36.7 Å². The van der Waals surface area contributed by atoms with Crippen molar-refractivity contribution in [3.05, 3.63) is 85.7 Å². The molecule has 4 aromatic rings. The molecule has 0 aliphatic heterocycles. The van der Waals surface area contributed by atoms with Crippen molar-refractivity contribution in [1.82, 2.24) is 15.0 Å². The Balaban J connectivity index is 1.22. The van der Waals surface area contributed by atoms with Crippen molar-refractivity contribution in [2.24, 2.45) is 11.0 Å². The van der Waals surface area contributed by atoms with Gasteiger partial charge in [0.2, 0.25) is 0 Å². The number of aryl methyl sites for hydroxylation is 1. The highest BCUT2D eigenvalue weighted by molar-refractivity contribution is 7.18. The standard InChI is InChI=1S/C28H27ClN4O4S/c1-17-7-9-20-24(11-17)38-27-26(20)28(35)33(16-30-27)14-25(34)32-31-13-18-8-10-22(23(12-18)36-2)37-15-19-5-3-4-6-21(19)29/h3-6,8,10,12-13,16-17H,7,9,11,14-15H2,1-2H3,(H,32,34). The topological polar surface area (TPSA) is 94.8 Å². The van der Waals surface area contributed by atoms with E-state index in [4.69, 9.17) is 21.1 Å². The van der Waals surface area contributed by atoms with Gasteiger partial charge in [-0.2, -0.15) is 5.10 Å². The van der Waals surface area contributed by atoms with Gasteiger partial charge in [-0.05, 0) is 60.6 Å². The van der Waals surface area contributed by atoms with Crippen molar-refractivity contribution in [3.8, 4) is 11.5 Å². The van der Waals surface area contributed by atoms with Gasteiger partial charge in [-0.15, -0.1) is 11.3 Å². The fourth-order valence-corrected chi connectivity index (χ4v) is 6.03. The lowest BCUT2D eigenvalue weighted by molar-refractivity contribution is -0.121. The number of methoxy groups -OCH3 is 1. The molecule has 196 valence electrons. The molecule has 0 fully saturated rings. The average Bonchev–Trinajstić information content (AvgIpc) is 3.28. The molecule has 8 nitrogen and oxygen atoms in total. The minimum Gasteiger partial charge on any atom is -0.493 e. The number of hydrogen-bond acceptors (Lipinski definition) is 7. The molecule has 0 radical (unpaired) electrons. The maximum absolute atomic E-state index is 13.1. The maximum Gasteiger partial charge on any atom is 0.262 e. The van der Waals surface area contributed by atoms with Crippen molar-refractivity contribution >= 4 is 45.3 Å². The van der Waals surface area contributed by atoms with Gasteiger partial charge in [0.1, 0.15) is 18.0 Å². The Hall–Kier alpha value is -3.69. The van der Waals surface area contributed by atoms with E-state index < -0.39 is 5.91 Å². The van der Waals surface area contributed by atoms with Crippen LogP contribution in [-0.4, -0.2) is 28.8 Å². The SMILES string of the molecule is COc1cc(C=NNC(=O)Cn2cnc3sc4c(c3c2=O)CCC(C)C4)ccc1OCc1ccccc1Cl. The lowest BCUT2D eigenvalue weighted by atomic mass is 9.89. The maximum atomic E-state index is 13.1. The van der Waals surface area contributed by atoms with Crippen LogP contribution in [0.25, 0.3) is 10.2 Å². The van der Waals surface area contributed by atoms with Crippen LogP contribution in [0, 0.1) is 5.92 Å². The molecule has 10 heteroatoms. The number of thiophene rings is 1. The smallest absolute Gasteiger partial charge is 0.262 e. The van der Waals surface area contributed by atoms with Gasteiger partial charge in [-0.3, -0.25) is 14.2 Å². The second kappa shape index (κ2) is 11.4. The van der Waals surface area contributed by atoms with Crippen LogP contribution in [-0.2, 0) is 30.8 Å². The van der Waals surface area contributed by atoms with E-state index in [2.05, 4.69) is 22.4 Å². The van der Waals surface area contributed by atoms with Crippen LogP contribution in [0.4, 0.5) is 0 Å². The number of hydrazone groups is 1. The van der Waals surface area contributed by atoms with E-state index in [1.165, 1.54) is 22.0 Å². The Morgan fingerprint density at radius 3 is 2.95 bits per heavy atom. The first-order valence-corrected chi connectivity index (χ1v) is 13.5. The quantitative estimate of drug-likeness (QED) is 0.247. The predicted molar refractivity (Wildman–Crippen MR) is 150 cm³/mol. The van der Waals surface area contributed by atoms with E-state index in [1.54, 1.807) is 36.6 Å². The van der Waals surface area contributed by atoms with E-state index in [0.717, 1.165) is 35.2 Å². The highest BCUT2D eigenvalue weighted by Crippen LogP contribution is 2.35. The Kier molecular flexibility index (Phi) is 7.76. The first-order valence-electron chi connectivity index (χ1n) is 12.3. The van der Waals surface area contributed by atoms with Crippen LogP contribution in [0.2, 0.25) is 5.02 Å². The highest BCUT2D eigenvalue weighted by Gasteiger charge is 2.23. The van der Waals surface area contributed by atoms with Crippen LogP contribution in [0.1, 0.15) is 34.9 Å². The van der Waals surface area contributed by atoms with E-state index in [9.17, 15) is 9.59 Å². The van der Waals surface area contributed by atoms with E-state index >= 15 is 0 Å². The predicted octanol–water partition coefficient (Wildman–Crippen LogP) is 4.97. The minimum atomic E-state index is -0.422. The zero-order valence-corrected chi connectivity index (χ0v) is 22.6. The second-order valence-electron chi connectivity index (χ2n) is 9.29. The molecule has 2 aromatic carbocycles. The molecule has 0 spiro atoms. The summed E-state index contributed by atoms with van der Waals surface area (Å²) in [7, 11) is 1.55. The van der Waals surface area contributed by atoms with E-state index in [0.29, 0.717) is 40.0 Å². The number of aromatic nitrogens is 2. The summed E-state index contributed by atoms with van der Waals surface area (Å²) in [6.07, 6.45) is 5.84. The molecule has 2 heterocycles. The number of halogens is 1. The molecule has 1 aliphatic rings. The summed E-state index contributed by atoms with van der Waals surface area (Å²) in [5.41, 5.74) is 4.97. The van der Waals surface area contributed by atoms with Crippen molar-refractivity contribution in [1.29, 1.82) is 0 Å². The molecule has 1 aliphatic carbocycles. The monoisotopic (exact) mass is 550 g/mol. The molecule has 1 atom stereocenters. The molecular formula is C28H27ClN4O4S. The molecule has 0 bridgehead atoms. The van der Waals surface area contributed by atoms with Crippen LogP contribution in [0.5, 0.6) is 11.5 Å². The second-order valence-corrected chi connectivity index (χ2v) is 10.8. The van der Waals surface area contributed by atoms with Gasteiger partial charge in [0, 0.05) is 15.5 Å². The number of rotatable bonds is 8. The lowest BCUT2D eigenvalue weighted by Crippen LogP contribution is -2.30. The molecule has 0 saturated heterocycles. The Bertz CT molecular complexity index is 1580. The molecule has 1 N–H and O–H groups in total. The summed E-state index contributed by atoms with van der Waals surface area (Å²) in [5.74, 6) is 1.26. The van der Waals surface area contributed by atoms with E-state index in [1.807, 2.05) is 24.3 Å². The zero-order valence-electron chi connectivity index (χ0n) is 21.1. The minimum absolute atomic E-state index is 0.168. The van der Waals surface area contributed by atoms with Crippen LogP contribution in [0.3, 0.4) is 0 Å². The Morgan fingerprint density at radius 2 is 2.13 bits per heavy atom. The lowest BCUT2D eigenvalue weighted by Gasteiger charge is -2.17. The van der Waals surface area contributed by atoms with Gasteiger partial charge in [0.05, 0.1) is 25.0 Å². The normalized spacial score (nSPS) is 15.0. The summed E-state index contributed by atoms with van der Waals surface area (Å²) >= 11 is 7.79. The van der Waals surface area contributed by atoms with Gasteiger partial charge in [0.25, 0.3) is 11.5 Å². The number of nitrogens with zero attached hydrogens (tertiary/aromatic N) is 3. The summed E-state index contributed by atoms with van der Waals surface area (Å²) in [6.45, 7) is 2.36. The number of ether oxygens (including phenoxy) is 2. The van der Waals surface area contributed by atoms with Gasteiger partial charge in [-0.25, -0.2) is 10.4 Å². The van der Waals surface area contributed by atoms with Crippen molar-refractivity contribution in [2.45, 2.75) is 39.3 Å². The molecule has 0 saturated carbocycles. The van der Waals surface area contributed by atoms with Crippen molar-refractivity contribution in [3.63, 3.8) is 0 Å². The fourth-order valence-electron chi connectivity index (χ4n) is 4.50. The molecule has 1 unspecified atom stereocenters. The highest BCUT2D eigenvalue weighted by atomic mass is 35.5. The number of benzene rings is 2. The summed E-state index contributed by atoms with van der Waals surface area (Å²) in [6, 6.07) is 12.8. The van der Waals surface area contributed by atoms with Crippen molar-refractivity contribution in [2.75, 3.05) is 7.11 Å². The third kappa shape index (κ3) is 5.58. The van der Waals surface area contributed by atoms with Crippen LogP contribution >= 0.6 is 22.9 Å². The largest absolute Gasteiger partial charge is 0.493 e. The van der Waals surface area contributed by atoms with Gasteiger partial charge < -0.3 is 9.47 Å². The Morgan fingerprint density at radius 1 is 1.29 bits per heavy atom. The summed E-state index contributed by atoms with van der Waals surface area (Å²) in [5, 5.41) is 5.32. The summed E-state index contributed by atoms with van der Waals surface area (Å²) < 4.78 is 12.7. The first kappa shape index (κ1) is 25.9. The van der Waals surface area contributed by atoms with Gasteiger partial charge in [0.15, 0.2) is 11.5 Å². The number of hydrogen-bond donors (Lipinski definition) is 1. The number of carbonyl (C=O) groups excluding carboxylic acids is 1. The Labute approximate surface area is 228 Å². The van der Waals surface area contributed by atoms with E-state index in [-0.39, 0.29) is 12.1 Å². The zero-order chi connectivity index (χ0) is 26.6. The van der Waals surface area contributed by atoms with Crippen LogP contribution < -0.4 is 20.5 Å². The molecule has 1 amide bonds. The molecule has 38 heavy (non-hydrogen) atoms. The number of nitrogens with one attached hydrogen (secondary N) is 1. The number of carbonyl (C=O) groups is 1. The number of amides is 1. The average molecular weight is 551 g/mol. The van der Waals surface area contributed by atoms with Gasteiger partial charge >= 0.3 is 0 Å². The molecular weight excluding hydrogens is 524 g/mol. The first-order chi connectivity index (χ1) is 18.4. The molecule has 5 rings (SSSR count). The molecule has 2 aromatic heterocycles. The van der Waals surface area contributed by atoms with Crippen molar-refractivity contribution < 1.29 is 14.3 Å². The van der Waals surface area contributed by atoms with Crippen LogP contribution in [0.15, 0.2) is 58.7 Å². The number of fused-ring (bicyclic) bond motifs is 3.